The Labute approximate surface area is 236 Å². The average molecular weight is 533 g/mol. The molecule has 2 nitrogen and oxygen atoms in total. The van der Waals surface area contributed by atoms with Crippen LogP contribution in [0.1, 0.15) is 73.6 Å². The van der Waals surface area contributed by atoms with E-state index in [9.17, 15) is 8.78 Å². The summed E-state index contributed by atoms with van der Waals surface area (Å²) in [6.45, 7) is 0. The van der Waals surface area contributed by atoms with E-state index in [1.165, 1.54) is 19.3 Å². The normalized spacial score (nSPS) is 14.6. The Morgan fingerprint density at radius 2 is 1.23 bits per heavy atom. The van der Waals surface area contributed by atoms with E-state index in [1.807, 2.05) is 30.4 Å². The van der Waals surface area contributed by atoms with Gasteiger partial charge in [0.15, 0.2) is 0 Å². The maximum atomic E-state index is 14.7. The largest absolute Gasteiger partial charge is 0.238 e. The number of halogens is 2. The van der Waals surface area contributed by atoms with Gasteiger partial charge >= 0.3 is 0 Å². The van der Waals surface area contributed by atoms with Crippen molar-refractivity contribution in [3.8, 4) is 23.3 Å². The minimum absolute atomic E-state index is 0.219. The van der Waals surface area contributed by atoms with Gasteiger partial charge in [0.25, 0.3) is 0 Å². The van der Waals surface area contributed by atoms with E-state index in [0.717, 1.165) is 60.8 Å². The predicted octanol–water partition coefficient (Wildman–Crippen LogP) is 9.82. The van der Waals surface area contributed by atoms with Crippen LogP contribution >= 0.6 is 0 Å². The highest BCUT2D eigenvalue weighted by molar-refractivity contribution is 5.73. The summed E-state index contributed by atoms with van der Waals surface area (Å²) in [6, 6.07) is 23.7. The SMILES string of the molecule is N#Cc1ccc(C2=CC=C(CCCCCCCCCc3ccc(-c4ccc(C#N)cc4)c(F)c3)C=CC2F)cc1. The lowest BCUT2D eigenvalue weighted by molar-refractivity contribution is 0.480. The molecule has 0 saturated heterocycles. The van der Waals surface area contributed by atoms with Gasteiger partial charge in [-0.15, -0.1) is 0 Å². The lowest BCUT2D eigenvalue weighted by Crippen LogP contribution is -1.99. The van der Waals surface area contributed by atoms with E-state index in [2.05, 4.69) is 12.1 Å². The highest BCUT2D eigenvalue weighted by Gasteiger charge is 2.14. The second kappa shape index (κ2) is 14.8. The van der Waals surface area contributed by atoms with Crippen LogP contribution in [0, 0.1) is 28.5 Å². The molecular weight excluding hydrogens is 498 g/mol. The van der Waals surface area contributed by atoms with Crippen molar-refractivity contribution in [2.75, 3.05) is 0 Å². The van der Waals surface area contributed by atoms with Gasteiger partial charge in [-0.1, -0.05) is 86.7 Å². The van der Waals surface area contributed by atoms with Crippen molar-refractivity contribution in [1.82, 2.24) is 0 Å². The number of rotatable bonds is 12. The van der Waals surface area contributed by atoms with E-state index in [-0.39, 0.29) is 5.82 Å². The van der Waals surface area contributed by atoms with Crippen molar-refractivity contribution >= 4 is 5.57 Å². The Morgan fingerprint density at radius 3 is 1.82 bits per heavy atom. The first kappa shape index (κ1) is 28.7. The first-order valence-corrected chi connectivity index (χ1v) is 14.1. The van der Waals surface area contributed by atoms with Crippen LogP contribution in [0.5, 0.6) is 0 Å². The highest BCUT2D eigenvalue weighted by atomic mass is 19.1. The highest BCUT2D eigenvalue weighted by Crippen LogP contribution is 2.27. The third-order valence-corrected chi connectivity index (χ3v) is 7.39. The van der Waals surface area contributed by atoms with Crippen LogP contribution in [0.3, 0.4) is 0 Å². The summed E-state index contributed by atoms with van der Waals surface area (Å²) in [5.41, 5.74) is 6.08. The number of aryl methyl sites for hydroxylation is 1. The Kier molecular flexibility index (Phi) is 10.6. The lowest BCUT2D eigenvalue weighted by Gasteiger charge is -2.08. The quantitative estimate of drug-likeness (QED) is 0.218. The van der Waals surface area contributed by atoms with Crippen molar-refractivity contribution in [2.45, 2.75) is 64.0 Å². The van der Waals surface area contributed by atoms with Gasteiger partial charge in [0, 0.05) is 5.56 Å². The van der Waals surface area contributed by atoms with Crippen molar-refractivity contribution in [3.63, 3.8) is 0 Å². The van der Waals surface area contributed by atoms with Gasteiger partial charge in [0.1, 0.15) is 12.0 Å². The molecule has 3 aromatic carbocycles. The van der Waals surface area contributed by atoms with E-state index in [1.54, 1.807) is 60.7 Å². The molecule has 1 aliphatic rings. The van der Waals surface area contributed by atoms with Gasteiger partial charge < -0.3 is 0 Å². The second-order valence-electron chi connectivity index (χ2n) is 10.3. The number of hydrogen-bond donors (Lipinski definition) is 0. The minimum atomic E-state index is -1.15. The molecule has 0 aromatic heterocycles. The second-order valence-corrected chi connectivity index (χ2v) is 10.3. The Balaban J connectivity index is 1.12. The maximum absolute atomic E-state index is 14.7. The van der Waals surface area contributed by atoms with Gasteiger partial charge in [0.2, 0.25) is 0 Å². The van der Waals surface area contributed by atoms with Gasteiger partial charge in [0.05, 0.1) is 23.3 Å². The molecule has 202 valence electrons. The molecular formula is C36H34F2N2. The summed E-state index contributed by atoms with van der Waals surface area (Å²) in [4.78, 5) is 0. The number of allylic oxidation sites excluding steroid dienone is 6. The van der Waals surface area contributed by atoms with Crippen LogP contribution in [0.4, 0.5) is 8.78 Å². The molecule has 4 heteroatoms. The van der Waals surface area contributed by atoms with E-state index in [0.29, 0.717) is 22.3 Å². The Hall–Kier alpha value is -4.28. The summed E-state index contributed by atoms with van der Waals surface area (Å²) in [7, 11) is 0. The van der Waals surface area contributed by atoms with Crippen LogP contribution < -0.4 is 0 Å². The number of nitrogens with zero attached hydrogens (tertiary/aromatic N) is 2. The minimum Gasteiger partial charge on any atom is -0.238 e. The molecule has 0 saturated carbocycles. The molecule has 3 aromatic rings. The Morgan fingerprint density at radius 1 is 0.650 bits per heavy atom. The zero-order chi connectivity index (χ0) is 28.2. The average Bonchev–Trinajstić information content (AvgIpc) is 3.17. The summed E-state index contributed by atoms with van der Waals surface area (Å²) in [5.74, 6) is -0.219. The molecule has 0 radical (unpaired) electrons. The molecule has 4 rings (SSSR count). The number of nitriles is 2. The molecule has 1 aliphatic carbocycles. The molecule has 0 bridgehead atoms. The fraction of sp³-hybridized carbons (Fsp3) is 0.278. The first-order chi connectivity index (χ1) is 19.6. The van der Waals surface area contributed by atoms with Crippen LogP contribution in [-0.4, -0.2) is 6.17 Å². The number of hydrogen-bond acceptors (Lipinski definition) is 2. The van der Waals surface area contributed by atoms with Crippen molar-refractivity contribution in [3.05, 3.63) is 125 Å². The van der Waals surface area contributed by atoms with Crippen molar-refractivity contribution in [2.24, 2.45) is 0 Å². The van der Waals surface area contributed by atoms with Crippen LogP contribution in [0.25, 0.3) is 16.7 Å². The van der Waals surface area contributed by atoms with Gasteiger partial charge in [-0.25, -0.2) is 8.78 Å². The predicted molar refractivity (Wildman–Crippen MR) is 158 cm³/mol. The van der Waals surface area contributed by atoms with E-state index in [4.69, 9.17) is 10.5 Å². The topological polar surface area (TPSA) is 47.6 Å². The van der Waals surface area contributed by atoms with Crippen molar-refractivity contribution < 1.29 is 8.78 Å². The molecule has 0 heterocycles. The van der Waals surface area contributed by atoms with Gasteiger partial charge in [-0.2, -0.15) is 10.5 Å². The van der Waals surface area contributed by atoms with Gasteiger partial charge in [-0.3, -0.25) is 0 Å². The number of benzene rings is 3. The fourth-order valence-corrected chi connectivity index (χ4v) is 5.03. The molecule has 1 unspecified atom stereocenters. The standard InChI is InChI=1S/C36H34F2N2/c37-35-23-16-27(14-21-33(35)31-17-10-29(25-39)11-18-31)8-6-4-2-1-3-5-7-9-28-15-22-34(36(38)24-28)32-19-12-30(26-40)13-20-32/h10-24,35H,1-9H2. The maximum Gasteiger partial charge on any atom is 0.144 e. The van der Waals surface area contributed by atoms with Gasteiger partial charge in [-0.05, 0) is 89.9 Å². The van der Waals surface area contributed by atoms with Crippen LogP contribution in [0.2, 0.25) is 0 Å². The monoisotopic (exact) mass is 532 g/mol. The number of unbranched alkanes of at least 4 members (excludes halogenated alkanes) is 6. The molecule has 0 N–H and O–H groups in total. The van der Waals surface area contributed by atoms with E-state index >= 15 is 0 Å². The Bertz CT molecular complexity index is 1450. The lowest BCUT2D eigenvalue weighted by atomic mass is 9.99. The molecule has 40 heavy (non-hydrogen) atoms. The third-order valence-electron chi connectivity index (χ3n) is 7.39. The molecule has 0 spiro atoms. The smallest absolute Gasteiger partial charge is 0.144 e. The van der Waals surface area contributed by atoms with Crippen LogP contribution in [0.15, 0.2) is 96.6 Å². The molecule has 0 amide bonds. The fourth-order valence-electron chi connectivity index (χ4n) is 5.03. The molecule has 1 atom stereocenters. The summed E-state index contributed by atoms with van der Waals surface area (Å²) >= 11 is 0. The molecule has 0 aliphatic heterocycles. The summed E-state index contributed by atoms with van der Waals surface area (Å²) in [5, 5.41) is 17.9. The van der Waals surface area contributed by atoms with E-state index < -0.39 is 6.17 Å². The van der Waals surface area contributed by atoms with Crippen molar-refractivity contribution in [1.29, 1.82) is 10.5 Å². The number of alkyl halides is 1. The first-order valence-electron chi connectivity index (χ1n) is 14.1. The zero-order valence-electron chi connectivity index (χ0n) is 22.8. The molecule has 0 fully saturated rings. The third kappa shape index (κ3) is 8.11. The summed E-state index contributed by atoms with van der Waals surface area (Å²) < 4.78 is 29.4. The zero-order valence-corrected chi connectivity index (χ0v) is 22.8. The van der Waals surface area contributed by atoms with Crippen LogP contribution in [-0.2, 0) is 6.42 Å². The summed E-state index contributed by atoms with van der Waals surface area (Å²) in [6.07, 6.45) is 16.0.